The first kappa shape index (κ1) is 14.6. The van der Waals surface area contributed by atoms with E-state index in [1.54, 1.807) is 24.4 Å². The Morgan fingerprint density at radius 1 is 1.38 bits per heavy atom. The molecule has 0 radical (unpaired) electrons. The van der Waals surface area contributed by atoms with E-state index in [-0.39, 0.29) is 11.3 Å². The summed E-state index contributed by atoms with van der Waals surface area (Å²) in [6, 6.07) is 6.29. The summed E-state index contributed by atoms with van der Waals surface area (Å²) in [7, 11) is 1.41. The summed E-state index contributed by atoms with van der Waals surface area (Å²) in [5, 5.41) is 12.0. The van der Waals surface area contributed by atoms with E-state index in [1.165, 1.54) is 13.2 Å². The van der Waals surface area contributed by atoms with E-state index in [9.17, 15) is 4.79 Å². The second kappa shape index (κ2) is 6.56. The number of nitrogens with zero attached hydrogens (tertiary/aromatic N) is 2. The lowest BCUT2D eigenvalue weighted by Crippen LogP contribution is -2.03. The largest absolute Gasteiger partial charge is 0.496 e. The molecule has 0 aliphatic carbocycles. The Morgan fingerprint density at radius 3 is 2.86 bits per heavy atom. The fourth-order valence-corrected chi connectivity index (χ4v) is 1.71. The van der Waals surface area contributed by atoms with Gasteiger partial charge in [0.05, 0.1) is 13.7 Å². The molecule has 2 aromatic rings. The van der Waals surface area contributed by atoms with Crippen LogP contribution in [0, 0.1) is 0 Å². The van der Waals surface area contributed by atoms with E-state index in [4.69, 9.17) is 14.6 Å². The van der Waals surface area contributed by atoms with Gasteiger partial charge in [-0.05, 0) is 19.1 Å². The van der Waals surface area contributed by atoms with Crippen LogP contribution in [-0.4, -0.2) is 34.8 Å². The van der Waals surface area contributed by atoms with Crippen molar-refractivity contribution in [2.24, 2.45) is 0 Å². The number of aromatic nitrogens is 2. The van der Waals surface area contributed by atoms with Crippen molar-refractivity contribution in [3.63, 3.8) is 0 Å². The summed E-state index contributed by atoms with van der Waals surface area (Å²) in [4.78, 5) is 19.3. The maximum absolute atomic E-state index is 11.0. The molecule has 1 heterocycles. The van der Waals surface area contributed by atoms with E-state index in [0.717, 1.165) is 0 Å². The number of hydrogen-bond acceptors (Lipinski definition) is 6. The third-order valence-electron chi connectivity index (χ3n) is 2.61. The third-order valence-corrected chi connectivity index (χ3v) is 2.61. The van der Waals surface area contributed by atoms with Crippen LogP contribution in [0.15, 0.2) is 30.5 Å². The number of benzene rings is 1. The van der Waals surface area contributed by atoms with E-state index < -0.39 is 5.97 Å². The van der Waals surface area contributed by atoms with Gasteiger partial charge >= 0.3 is 5.97 Å². The second-order valence-electron chi connectivity index (χ2n) is 4.00. The van der Waals surface area contributed by atoms with Gasteiger partial charge < -0.3 is 19.9 Å². The Labute approximate surface area is 121 Å². The molecular weight excluding hydrogens is 274 g/mol. The Bertz CT molecular complexity index is 646. The summed E-state index contributed by atoms with van der Waals surface area (Å²) in [5.41, 5.74) is 0.706. The van der Waals surface area contributed by atoms with Crippen LogP contribution in [0.2, 0.25) is 0 Å². The van der Waals surface area contributed by atoms with Crippen molar-refractivity contribution >= 4 is 17.6 Å². The smallest absolute Gasteiger partial charge is 0.339 e. The number of anilines is 2. The first-order chi connectivity index (χ1) is 10.1. The number of methoxy groups -OCH3 is 1. The van der Waals surface area contributed by atoms with Crippen LogP contribution in [0.5, 0.6) is 11.6 Å². The van der Waals surface area contributed by atoms with Crippen molar-refractivity contribution < 1.29 is 19.4 Å². The highest BCUT2D eigenvalue weighted by Crippen LogP contribution is 2.25. The van der Waals surface area contributed by atoms with E-state index in [2.05, 4.69) is 15.3 Å². The normalized spacial score (nSPS) is 10.0. The van der Waals surface area contributed by atoms with Crippen molar-refractivity contribution in [1.29, 1.82) is 0 Å². The van der Waals surface area contributed by atoms with Crippen molar-refractivity contribution in [3.8, 4) is 11.6 Å². The van der Waals surface area contributed by atoms with Gasteiger partial charge in [0.2, 0.25) is 11.8 Å². The number of carboxylic acid groups (broad SMARTS) is 1. The highest BCUT2D eigenvalue weighted by Gasteiger charge is 2.11. The lowest BCUT2D eigenvalue weighted by molar-refractivity contribution is 0.0693. The maximum Gasteiger partial charge on any atom is 0.339 e. The second-order valence-corrected chi connectivity index (χ2v) is 4.00. The first-order valence-corrected chi connectivity index (χ1v) is 6.28. The fourth-order valence-electron chi connectivity index (χ4n) is 1.71. The van der Waals surface area contributed by atoms with Crippen LogP contribution >= 0.6 is 0 Å². The molecule has 0 fully saturated rings. The molecule has 0 spiro atoms. The third kappa shape index (κ3) is 3.59. The number of rotatable bonds is 6. The zero-order chi connectivity index (χ0) is 15.2. The predicted molar refractivity (Wildman–Crippen MR) is 76.4 cm³/mol. The van der Waals surface area contributed by atoms with Gasteiger partial charge in [0.1, 0.15) is 11.3 Å². The molecule has 0 amide bonds. The summed E-state index contributed by atoms with van der Waals surface area (Å²) < 4.78 is 10.3. The standard InChI is InChI=1S/C14H15N3O4/c1-3-21-12-6-7-15-14(17-12)16-9-4-5-10(13(18)19)11(8-9)20-2/h4-8H,3H2,1-2H3,(H,18,19)(H,15,16,17). The van der Waals surface area contributed by atoms with Crippen LogP contribution in [0.4, 0.5) is 11.6 Å². The van der Waals surface area contributed by atoms with Gasteiger partial charge in [0, 0.05) is 24.0 Å². The van der Waals surface area contributed by atoms with Gasteiger partial charge in [0.25, 0.3) is 0 Å². The van der Waals surface area contributed by atoms with E-state index >= 15 is 0 Å². The molecule has 1 aromatic heterocycles. The summed E-state index contributed by atoms with van der Waals surface area (Å²) in [5.74, 6) is 0.0247. The first-order valence-electron chi connectivity index (χ1n) is 6.28. The van der Waals surface area contributed by atoms with Crippen LogP contribution in [-0.2, 0) is 0 Å². The SMILES string of the molecule is CCOc1ccnc(Nc2ccc(C(=O)O)c(OC)c2)n1. The van der Waals surface area contributed by atoms with Gasteiger partial charge in [-0.3, -0.25) is 0 Å². The number of aromatic carboxylic acids is 1. The average molecular weight is 289 g/mol. The molecule has 2 rings (SSSR count). The number of ether oxygens (including phenoxy) is 2. The molecule has 1 aromatic carbocycles. The molecule has 0 saturated heterocycles. The number of carbonyl (C=O) groups is 1. The Kier molecular flexibility index (Phi) is 4.55. The zero-order valence-corrected chi connectivity index (χ0v) is 11.7. The molecule has 0 saturated carbocycles. The zero-order valence-electron chi connectivity index (χ0n) is 11.7. The maximum atomic E-state index is 11.0. The molecule has 110 valence electrons. The van der Waals surface area contributed by atoms with Crippen molar-refractivity contribution in [2.45, 2.75) is 6.92 Å². The molecule has 7 heteroatoms. The predicted octanol–water partition coefficient (Wildman–Crippen LogP) is 2.33. The van der Waals surface area contributed by atoms with Gasteiger partial charge in [-0.25, -0.2) is 9.78 Å². The molecule has 0 aliphatic rings. The van der Waals surface area contributed by atoms with Crippen LogP contribution in [0.1, 0.15) is 17.3 Å². The molecule has 21 heavy (non-hydrogen) atoms. The van der Waals surface area contributed by atoms with Crippen molar-refractivity contribution in [3.05, 3.63) is 36.0 Å². The van der Waals surface area contributed by atoms with Gasteiger partial charge in [-0.1, -0.05) is 0 Å². The minimum absolute atomic E-state index is 0.0898. The van der Waals surface area contributed by atoms with Crippen LogP contribution in [0.3, 0.4) is 0 Å². The van der Waals surface area contributed by atoms with Crippen molar-refractivity contribution in [2.75, 3.05) is 19.0 Å². The molecule has 0 unspecified atom stereocenters. The molecule has 0 bridgehead atoms. The molecule has 7 nitrogen and oxygen atoms in total. The van der Waals surface area contributed by atoms with Crippen LogP contribution < -0.4 is 14.8 Å². The molecule has 0 aliphatic heterocycles. The highest BCUT2D eigenvalue weighted by atomic mass is 16.5. The highest BCUT2D eigenvalue weighted by molar-refractivity contribution is 5.91. The molecule has 0 atom stereocenters. The topological polar surface area (TPSA) is 93.6 Å². The molecule has 2 N–H and O–H groups in total. The van der Waals surface area contributed by atoms with Gasteiger partial charge in [-0.2, -0.15) is 4.98 Å². The number of nitrogens with one attached hydrogen (secondary N) is 1. The quantitative estimate of drug-likeness (QED) is 0.842. The van der Waals surface area contributed by atoms with E-state index in [1.807, 2.05) is 6.92 Å². The van der Waals surface area contributed by atoms with Crippen LogP contribution in [0.25, 0.3) is 0 Å². The summed E-state index contributed by atoms with van der Waals surface area (Å²) in [6.45, 7) is 2.38. The Hall–Kier alpha value is -2.83. The minimum Gasteiger partial charge on any atom is -0.496 e. The number of carboxylic acids is 1. The Balaban J connectivity index is 2.23. The number of hydrogen-bond donors (Lipinski definition) is 2. The lowest BCUT2D eigenvalue weighted by atomic mass is 10.2. The summed E-state index contributed by atoms with van der Waals surface area (Å²) >= 11 is 0. The Morgan fingerprint density at radius 2 is 2.19 bits per heavy atom. The minimum atomic E-state index is -1.05. The monoisotopic (exact) mass is 289 g/mol. The van der Waals surface area contributed by atoms with Gasteiger partial charge in [-0.15, -0.1) is 0 Å². The summed E-state index contributed by atoms with van der Waals surface area (Å²) in [6.07, 6.45) is 1.57. The average Bonchev–Trinajstić information content (AvgIpc) is 2.47. The van der Waals surface area contributed by atoms with E-state index in [0.29, 0.717) is 24.1 Å². The van der Waals surface area contributed by atoms with Gasteiger partial charge in [0.15, 0.2) is 0 Å². The lowest BCUT2D eigenvalue weighted by Gasteiger charge is -2.09. The molecular formula is C14H15N3O4. The van der Waals surface area contributed by atoms with Crippen molar-refractivity contribution in [1.82, 2.24) is 9.97 Å². The fraction of sp³-hybridized carbons (Fsp3) is 0.214.